The zero-order valence-electron chi connectivity index (χ0n) is 10.1. The molecule has 0 saturated heterocycles. The van der Waals surface area contributed by atoms with Crippen LogP contribution in [0.15, 0.2) is 24.3 Å². The van der Waals surface area contributed by atoms with Gasteiger partial charge in [-0.3, -0.25) is 4.79 Å². The summed E-state index contributed by atoms with van der Waals surface area (Å²) in [5.41, 5.74) is 0.860. The average molecular weight is 284 g/mol. The monoisotopic (exact) mass is 283 g/mol. The number of hydrogen-bond acceptors (Lipinski definition) is 1. The molecule has 1 aromatic rings. The number of benzene rings is 1. The van der Waals surface area contributed by atoms with Crippen LogP contribution in [-0.4, -0.2) is 11.9 Å². The number of hydrogen-bond donors (Lipinski definition) is 1. The molecule has 2 nitrogen and oxygen atoms in total. The predicted molar refractivity (Wildman–Crippen MR) is 75.8 cm³/mol. The Hall–Kier alpha value is -0.990. The third kappa shape index (κ3) is 3.76. The Labute approximate surface area is 117 Å². The molecule has 1 aliphatic carbocycles. The third-order valence-corrected chi connectivity index (χ3v) is 3.81. The number of amides is 1. The van der Waals surface area contributed by atoms with Gasteiger partial charge in [-0.25, -0.2) is 0 Å². The third-order valence-electron chi connectivity index (χ3n) is 3.07. The van der Waals surface area contributed by atoms with Gasteiger partial charge in [-0.2, -0.15) is 0 Å². The largest absolute Gasteiger partial charge is 0.350 e. The van der Waals surface area contributed by atoms with Crippen LogP contribution < -0.4 is 5.32 Å². The van der Waals surface area contributed by atoms with Crippen LogP contribution in [0.1, 0.15) is 25.3 Å². The molecule has 4 heteroatoms. The van der Waals surface area contributed by atoms with Crippen LogP contribution in [0.5, 0.6) is 0 Å². The Morgan fingerprint density at radius 2 is 2.11 bits per heavy atom. The molecule has 0 spiro atoms. The molecule has 96 valence electrons. The van der Waals surface area contributed by atoms with Crippen LogP contribution in [0.25, 0.3) is 6.08 Å². The number of nitrogens with one attached hydrogen (secondary N) is 1. The number of halogens is 2. The van der Waals surface area contributed by atoms with Crippen LogP contribution in [0.2, 0.25) is 10.0 Å². The molecule has 1 saturated carbocycles. The molecule has 1 aromatic carbocycles. The fourth-order valence-electron chi connectivity index (χ4n) is 1.77. The molecule has 0 aliphatic heterocycles. The van der Waals surface area contributed by atoms with Crippen molar-refractivity contribution in [1.29, 1.82) is 0 Å². The lowest BCUT2D eigenvalue weighted by Crippen LogP contribution is -2.32. The van der Waals surface area contributed by atoms with Crippen molar-refractivity contribution in [2.75, 3.05) is 0 Å². The van der Waals surface area contributed by atoms with E-state index in [9.17, 15) is 4.79 Å². The standard InChI is InChI=1S/C14H15Cl2NO/c1-9(11-4-5-11)17-14(18)7-3-10-2-6-12(15)13(16)8-10/h2-3,6-9,11H,4-5H2,1H3,(H,17,18)/b7-3+/t9-/m1/s1. The molecule has 1 fully saturated rings. The zero-order chi connectivity index (χ0) is 13.1. The first-order chi connectivity index (χ1) is 8.56. The Morgan fingerprint density at radius 1 is 1.39 bits per heavy atom. The van der Waals surface area contributed by atoms with Gasteiger partial charge in [0.2, 0.25) is 5.91 Å². The highest BCUT2D eigenvalue weighted by molar-refractivity contribution is 6.42. The predicted octanol–water partition coefficient (Wildman–Crippen LogP) is 3.92. The molecule has 18 heavy (non-hydrogen) atoms. The molecule has 0 aromatic heterocycles. The minimum atomic E-state index is -0.0690. The van der Waals surface area contributed by atoms with E-state index in [4.69, 9.17) is 23.2 Å². The van der Waals surface area contributed by atoms with Crippen LogP contribution in [0.4, 0.5) is 0 Å². The summed E-state index contributed by atoms with van der Waals surface area (Å²) in [5.74, 6) is 0.591. The van der Waals surface area contributed by atoms with E-state index in [0.29, 0.717) is 16.0 Å². The van der Waals surface area contributed by atoms with Gasteiger partial charge in [0.25, 0.3) is 0 Å². The Kier molecular flexibility index (Phi) is 4.31. The molecule has 1 amide bonds. The number of carbonyl (C=O) groups is 1. The molecule has 2 rings (SSSR count). The van der Waals surface area contributed by atoms with E-state index in [1.165, 1.54) is 18.9 Å². The smallest absolute Gasteiger partial charge is 0.244 e. The molecule has 0 bridgehead atoms. The molecule has 0 radical (unpaired) electrons. The van der Waals surface area contributed by atoms with Gasteiger partial charge >= 0.3 is 0 Å². The second-order valence-electron chi connectivity index (χ2n) is 4.64. The quantitative estimate of drug-likeness (QED) is 0.834. The van der Waals surface area contributed by atoms with Crippen molar-refractivity contribution in [1.82, 2.24) is 5.32 Å². The van der Waals surface area contributed by atoms with Gasteiger partial charge in [0.1, 0.15) is 0 Å². The van der Waals surface area contributed by atoms with Gasteiger partial charge in [0.05, 0.1) is 10.0 Å². The first kappa shape index (κ1) is 13.4. The fourth-order valence-corrected chi connectivity index (χ4v) is 2.08. The van der Waals surface area contributed by atoms with Crippen molar-refractivity contribution in [3.63, 3.8) is 0 Å². The van der Waals surface area contributed by atoms with E-state index in [1.54, 1.807) is 18.2 Å². The maximum atomic E-state index is 11.7. The maximum Gasteiger partial charge on any atom is 0.244 e. The van der Waals surface area contributed by atoms with Crippen molar-refractivity contribution >= 4 is 35.2 Å². The minimum Gasteiger partial charge on any atom is -0.350 e. The van der Waals surface area contributed by atoms with Crippen molar-refractivity contribution in [3.8, 4) is 0 Å². The molecular weight excluding hydrogens is 269 g/mol. The first-order valence-electron chi connectivity index (χ1n) is 6.00. The lowest BCUT2D eigenvalue weighted by Gasteiger charge is -2.10. The Morgan fingerprint density at radius 3 is 2.72 bits per heavy atom. The summed E-state index contributed by atoms with van der Waals surface area (Å²) in [6, 6.07) is 5.53. The van der Waals surface area contributed by atoms with Gasteiger partial charge < -0.3 is 5.32 Å². The molecule has 0 heterocycles. The van der Waals surface area contributed by atoms with Crippen molar-refractivity contribution in [3.05, 3.63) is 39.9 Å². The molecule has 1 aliphatic rings. The average Bonchev–Trinajstić information content (AvgIpc) is 3.14. The summed E-state index contributed by atoms with van der Waals surface area (Å²) < 4.78 is 0. The van der Waals surface area contributed by atoms with Crippen molar-refractivity contribution in [2.45, 2.75) is 25.8 Å². The highest BCUT2D eigenvalue weighted by Crippen LogP contribution is 2.32. The summed E-state index contributed by atoms with van der Waals surface area (Å²) in [7, 11) is 0. The van der Waals surface area contributed by atoms with E-state index >= 15 is 0 Å². The van der Waals surface area contributed by atoms with E-state index in [2.05, 4.69) is 5.32 Å². The first-order valence-corrected chi connectivity index (χ1v) is 6.75. The number of rotatable bonds is 4. The van der Waals surface area contributed by atoms with Crippen molar-refractivity contribution in [2.24, 2.45) is 5.92 Å². The molecular formula is C14H15Cl2NO. The highest BCUT2D eigenvalue weighted by Gasteiger charge is 2.28. The summed E-state index contributed by atoms with van der Waals surface area (Å²) in [6.07, 6.45) is 5.70. The summed E-state index contributed by atoms with van der Waals surface area (Å²) in [6.45, 7) is 2.04. The van der Waals surface area contributed by atoms with E-state index < -0.39 is 0 Å². The highest BCUT2D eigenvalue weighted by atomic mass is 35.5. The topological polar surface area (TPSA) is 29.1 Å². The van der Waals surface area contributed by atoms with Crippen molar-refractivity contribution < 1.29 is 4.79 Å². The number of carbonyl (C=O) groups excluding carboxylic acids is 1. The molecule has 0 unspecified atom stereocenters. The lowest BCUT2D eigenvalue weighted by molar-refractivity contribution is -0.117. The van der Waals surface area contributed by atoms with E-state index in [-0.39, 0.29) is 11.9 Å². The summed E-state index contributed by atoms with van der Waals surface area (Å²) in [4.78, 5) is 11.7. The lowest BCUT2D eigenvalue weighted by atomic mass is 10.2. The normalized spacial score (nSPS) is 16.8. The van der Waals surface area contributed by atoms with Crippen LogP contribution in [0, 0.1) is 5.92 Å². The van der Waals surface area contributed by atoms with Crippen LogP contribution in [0.3, 0.4) is 0 Å². The second kappa shape index (κ2) is 5.77. The van der Waals surface area contributed by atoms with Gasteiger partial charge in [0.15, 0.2) is 0 Å². The van der Waals surface area contributed by atoms with E-state index in [0.717, 1.165) is 5.56 Å². The van der Waals surface area contributed by atoms with Gasteiger partial charge in [-0.05, 0) is 49.5 Å². The van der Waals surface area contributed by atoms with Crippen LogP contribution in [-0.2, 0) is 4.79 Å². The zero-order valence-corrected chi connectivity index (χ0v) is 11.6. The summed E-state index contributed by atoms with van der Waals surface area (Å²) in [5, 5.41) is 3.96. The van der Waals surface area contributed by atoms with Gasteiger partial charge in [-0.1, -0.05) is 29.3 Å². The van der Waals surface area contributed by atoms with Gasteiger partial charge in [0, 0.05) is 12.1 Å². The maximum absolute atomic E-state index is 11.7. The van der Waals surface area contributed by atoms with E-state index in [1.807, 2.05) is 13.0 Å². The fraction of sp³-hybridized carbons (Fsp3) is 0.357. The van der Waals surface area contributed by atoms with Gasteiger partial charge in [-0.15, -0.1) is 0 Å². The van der Waals surface area contributed by atoms with Crippen LogP contribution >= 0.6 is 23.2 Å². The Bertz CT molecular complexity index is 481. The minimum absolute atomic E-state index is 0.0690. The molecule has 1 N–H and O–H groups in total. The Balaban J connectivity index is 1.92. The SMILES string of the molecule is C[C@@H](NC(=O)/C=C/c1ccc(Cl)c(Cl)c1)C1CC1. The second-order valence-corrected chi connectivity index (χ2v) is 5.46. The summed E-state index contributed by atoms with van der Waals surface area (Å²) >= 11 is 11.7. The molecule has 1 atom stereocenters.